The zero-order chi connectivity index (χ0) is 13.0. The molecule has 0 spiro atoms. The molecule has 2 N–H and O–H groups in total. The van der Waals surface area contributed by atoms with Gasteiger partial charge in [0.1, 0.15) is 0 Å². The van der Waals surface area contributed by atoms with Gasteiger partial charge in [0.05, 0.1) is 17.9 Å². The molecule has 0 aliphatic heterocycles. The SMILES string of the molecule is N#Cc1ccc(NCc2ccoc2C(=O)O)cc1. The maximum absolute atomic E-state index is 10.8. The molecule has 0 saturated heterocycles. The lowest BCUT2D eigenvalue weighted by Crippen LogP contribution is -2.04. The van der Waals surface area contributed by atoms with Gasteiger partial charge in [-0.05, 0) is 30.3 Å². The predicted octanol–water partition coefficient (Wildman–Crippen LogP) is 2.46. The van der Waals surface area contributed by atoms with E-state index in [-0.39, 0.29) is 5.76 Å². The molecule has 0 unspecified atom stereocenters. The van der Waals surface area contributed by atoms with Crippen molar-refractivity contribution in [3.63, 3.8) is 0 Å². The maximum Gasteiger partial charge on any atom is 0.372 e. The number of nitrogens with one attached hydrogen (secondary N) is 1. The van der Waals surface area contributed by atoms with Gasteiger partial charge in [-0.15, -0.1) is 0 Å². The summed E-state index contributed by atoms with van der Waals surface area (Å²) in [6.07, 6.45) is 1.35. The van der Waals surface area contributed by atoms with Crippen molar-refractivity contribution in [3.8, 4) is 6.07 Å². The fourth-order valence-electron chi connectivity index (χ4n) is 1.52. The van der Waals surface area contributed by atoms with Crippen LogP contribution >= 0.6 is 0 Å². The quantitative estimate of drug-likeness (QED) is 0.860. The number of aromatic carboxylic acids is 1. The Hall–Kier alpha value is -2.74. The highest BCUT2D eigenvalue weighted by Gasteiger charge is 2.13. The van der Waals surface area contributed by atoms with E-state index in [1.165, 1.54) is 6.26 Å². The van der Waals surface area contributed by atoms with Crippen LogP contribution in [0.15, 0.2) is 41.0 Å². The van der Waals surface area contributed by atoms with Gasteiger partial charge in [0, 0.05) is 17.8 Å². The predicted molar refractivity (Wildman–Crippen MR) is 64.2 cm³/mol. The highest BCUT2D eigenvalue weighted by atomic mass is 16.4. The van der Waals surface area contributed by atoms with Crippen LogP contribution in [0.25, 0.3) is 0 Å². The van der Waals surface area contributed by atoms with Crippen molar-refractivity contribution in [2.75, 3.05) is 5.32 Å². The summed E-state index contributed by atoms with van der Waals surface area (Å²) in [4.78, 5) is 10.8. The molecule has 90 valence electrons. The van der Waals surface area contributed by atoms with Gasteiger partial charge in [-0.2, -0.15) is 5.26 Å². The Kier molecular flexibility index (Phi) is 3.30. The highest BCUT2D eigenvalue weighted by molar-refractivity contribution is 5.86. The number of nitrogens with zero attached hydrogens (tertiary/aromatic N) is 1. The van der Waals surface area contributed by atoms with E-state index in [4.69, 9.17) is 14.8 Å². The number of hydrogen-bond donors (Lipinski definition) is 2. The second-order valence-electron chi connectivity index (χ2n) is 3.62. The lowest BCUT2D eigenvalue weighted by molar-refractivity contribution is 0.0661. The normalized spacial score (nSPS) is 9.72. The van der Waals surface area contributed by atoms with Crippen molar-refractivity contribution in [3.05, 3.63) is 53.5 Å². The fourth-order valence-corrected chi connectivity index (χ4v) is 1.52. The third-order valence-electron chi connectivity index (χ3n) is 2.44. The zero-order valence-corrected chi connectivity index (χ0v) is 9.38. The summed E-state index contributed by atoms with van der Waals surface area (Å²) in [7, 11) is 0. The molecule has 0 aliphatic carbocycles. The molecule has 0 atom stereocenters. The minimum absolute atomic E-state index is 0.0591. The average Bonchev–Trinajstić information content (AvgIpc) is 2.85. The van der Waals surface area contributed by atoms with Crippen molar-refractivity contribution < 1.29 is 14.3 Å². The van der Waals surface area contributed by atoms with Crippen molar-refractivity contribution >= 4 is 11.7 Å². The van der Waals surface area contributed by atoms with E-state index in [2.05, 4.69) is 5.32 Å². The average molecular weight is 242 g/mol. The van der Waals surface area contributed by atoms with Crippen molar-refractivity contribution in [1.82, 2.24) is 0 Å². The molecule has 0 aliphatic rings. The van der Waals surface area contributed by atoms with Crippen LogP contribution in [0.2, 0.25) is 0 Å². The molecule has 1 heterocycles. The van der Waals surface area contributed by atoms with Crippen LogP contribution in [0.5, 0.6) is 0 Å². The summed E-state index contributed by atoms with van der Waals surface area (Å²) in [6, 6.07) is 10.5. The fraction of sp³-hybridized carbons (Fsp3) is 0.0769. The zero-order valence-electron chi connectivity index (χ0n) is 9.38. The molecule has 0 amide bonds. The van der Waals surface area contributed by atoms with E-state index in [9.17, 15) is 4.79 Å². The Morgan fingerprint density at radius 1 is 1.33 bits per heavy atom. The molecule has 2 rings (SSSR count). The molecule has 0 saturated carbocycles. The first kappa shape index (κ1) is 11.7. The molecular formula is C13H10N2O3. The number of anilines is 1. The van der Waals surface area contributed by atoms with Crippen molar-refractivity contribution in [2.45, 2.75) is 6.54 Å². The molecule has 1 aromatic carbocycles. The molecule has 0 bridgehead atoms. The number of rotatable bonds is 4. The lowest BCUT2D eigenvalue weighted by atomic mass is 10.2. The molecule has 18 heavy (non-hydrogen) atoms. The Labute approximate surface area is 103 Å². The Morgan fingerprint density at radius 2 is 2.06 bits per heavy atom. The second kappa shape index (κ2) is 5.06. The number of carboxylic acids is 1. The molecule has 2 aromatic rings. The van der Waals surface area contributed by atoms with Gasteiger partial charge in [-0.1, -0.05) is 0 Å². The Morgan fingerprint density at radius 3 is 2.67 bits per heavy atom. The van der Waals surface area contributed by atoms with E-state index < -0.39 is 5.97 Å². The van der Waals surface area contributed by atoms with Crippen LogP contribution in [0.3, 0.4) is 0 Å². The highest BCUT2D eigenvalue weighted by Crippen LogP contribution is 2.14. The van der Waals surface area contributed by atoms with Crippen molar-refractivity contribution in [2.24, 2.45) is 0 Å². The van der Waals surface area contributed by atoms with E-state index >= 15 is 0 Å². The Bertz CT molecular complexity index is 593. The van der Waals surface area contributed by atoms with Gasteiger partial charge in [0.25, 0.3) is 0 Å². The van der Waals surface area contributed by atoms with Crippen LogP contribution in [0.4, 0.5) is 5.69 Å². The number of carboxylic acid groups (broad SMARTS) is 1. The van der Waals surface area contributed by atoms with Crippen LogP contribution in [0.1, 0.15) is 21.7 Å². The number of furan rings is 1. The number of nitriles is 1. The maximum atomic E-state index is 10.8. The summed E-state index contributed by atoms with van der Waals surface area (Å²) >= 11 is 0. The first-order chi connectivity index (χ1) is 8.70. The summed E-state index contributed by atoms with van der Waals surface area (Å²) in [5.41, 5.74) is 1.97. The van der Waals surface area contributed by atoms with Crippen LogP contribution in [0, 0.1) is 11.3 Å². The minimum Gasteiger partial charge on any atom is -0.475 e. The van der Waals surface area contributed by atoms with Crippen molar-refractivity contribution in [1.29, 1.82) is 5.26 Å². The third kappa shape index (κ3) is 2.50. The standard InChI is InChI=1S/C13H10N2O3/c14-7-9-1-3-11(4-2-9)15-8-10-5-6-18-12(10)13(16)17/h1-6,15H,8H2,(H,16,17). The summed E-state index contributed by atoms with van der Waals surface area (Å²) in [5, 5.41) is 20.6. The van der Waals surface area contributed by atoms with E-state index in [0.717, 1.165) is 5.69 Å². The third-order valence-corrected chi connectivity index (χ3v) is 2.44. The van der Waals surface area contributed by atoms with E-state index in [0.29, 0.717) is 17.7 Å². The molecule has 0 radical (unpaired) electrons. The summed E-state index contributed by atoms with van der Waals surface area (Å²) < 4.78 is 4.87. The number of carbonyl (C=O) groups is 1. The van der Waals surface area contributed by atoms with Gasteiger partial charge in [-0.25, -0.2) is 4.79 Å². The molecule has 5 nitrogen and oxygen atoms in total. The van der Waals surface area contributed by atoms with Crippen LogP contribution in [-0.4, -0.2) is 11.1 Å². The lowest BCUT2D eigenvalue weighted by Gasteiger charge is -2.05. The van der Waals surface area contributed by atoms with Gasteiger partial charge >= 0.3 is 5.97 Å². The van der Waals surface area contributed by atoms with Gasteiger partial charge in [-0.3, -0.25) is 0 Å². The molecule has 5 heteroatoms. The molecular weight excluding hydrogens is 232 g/mol. The van der Waals surface area contributed by atoms with Gasteiger partial charge in [0.15, 0.2) is 0 Å². The van der Waals surface area contributed by atoms with E-state index in [1.54, 1.807) is 30.3 Å². The monoisotopic (exact) mass is 242 g/mol. The second-order valence-corrected chi connectivity index (χ2v) is 3.62. The Balaban J connectivity index is 2.05. The topological polar surface area (TPSA) is 86.3 Å². The molecule has 0 fully saturated rings. The smallest absolute Gasteiger partial charge is 0.372 e. The first-order valence-corrected chi connectivity index (χ1v) is 5.24. The summed E-state index contributed by atoms with van der Waals surface area (Å²) in [6.45, 7) is 0.351. The minimum atomic E-state index is -1.09. The summed E-state index contributed by atoms with van der Waals surface area (Å²) in [5.74, 6) is -1.15. The number of benzene rings is 1. The van der Waals surface area contributed by atoms with Gasteiger partial charge < -0.3 is 14.8 Å². The largest absolute Gasteiger partial charge is 0.475 e. The first-order valence-electron chi connectivity index (χ1n) is 5.24. The van der Waals surface area contributed by atoms with Crippen LogP contribution < -0.4 is 5.32 Å². The van der Waals surface area contributed by atoms with Crippen LogP contribution in [-0.2, 0) is 6.54 Å². The number of hydrogen-bond acceptors (Lipinski definition) is 4. The molecule has 1 aromatic heterocycles. The van der Waals surface area contributed by atoms with Gasteiger partial charge in [0.2, 0.25) is 5.76 Å². The van der Waals surface area contributed by atoms with E-state index in [1.807, 2.05) is 6.07 Å².